The quantitative estimate of drug-likeness (QED) is 0.826. The van der Waals surface area contributed by atoms with Crippen molar-refractivity contribution in [2.45, 2.75) is 33.6 Å². The predicted molar refractivity (Wildman–Crippen MR) is 89.8 cm³/mol. The lowest BCUT2D eigenvalue weighted by Crippen LogP contribution is -2.43. The number of hydrogen-bond donors (Lipinski definition) is 2. The van der Waals surface area contributed by atoms with Gasteiger partial charge in [0.15, 0.2) is 12.4 Å². The van der Waals surface area contributed by atoms with Crippen molar-refractivity contribution in [2.75, 3.05) is 6.61 Å². The van der Waals surface area contributed by atoms with Gasteiger partial charge in [-0.3, -0.25) is 20.4 Å². The number of hydrazine groups is 1. The second-order valence-electron chi connectivity index (χ2n) is 5.92. The van der Waals surface area contributed by atoms with E-state index in [1.54, 1.807) is 13.0 Å². The molecule has 0 aliphatic carbocycles. The molecular weight excluding hydrogens is 308 g/mol. The van der Waals surface area contributed by atoms with Crippen molar-refractivity contribution < 1.29 is 18.7 Å². The molecule has 0 fully saturated rings. The van der Waals surface area contributed by atoms with Crippen LogP contribution in [0.25, 0.3) is 0 Å². The largest absolute Gasteiger partial charge is 0.483 e. The number of furan rings is 1. The molecule has 0 saturated carbocycles. The zero-order chi connectivity index (χ0) is 17.7. The van der Waals surface area contributed by atoms with Crippen molar-refractivity contribution in [3.63, 3.8) is 0 Å². The van der Waals surface area contributed by atoms with Gasteiger partial charge in [0.25, 0.3) is 5.91 Å². The molecule has 6 heteroatoms. The molecule has 24 heavy (non-hydrogen) atoms. The minimum Gasteiger partial charge on any atom is -0.483 e. The summed E-state index contributed by atoms with van der Waals surface area (Å²) in [5, 5.41) is 0. The summed E-state index contributed by atoms with van der Waals surface area (Å²) in [6.07, 6.45) is 1.42. The van der Waals surface area contributed by atoms with Crippen LogP contribution in [-0.4, -0.2) is 18.4 Å². The van der Waals surface area contributed by atoms with Crippen LogP contribution in [0.15, 0.2) is 34.9 Å². The van der Waals surface area contributed by atoms with Gasteiger partial charge in [-0.2, -0.15) is 0 Å². The first-order chi connectivity index (χ1) is 11.4. The first-order valence-corrected chi connectivity index (χ1v) is 7.75. The third kappa shape index (κ3) is 4.38. The Hall–Kier alpha value is -2.76. The zero-order valence-corrected chi connectivity index (χ0v) is 14.3. The molecule has 128 valence electrons. The fourth-order valence-electron chi connectivity index (χ4n) is 2.21. The summed E-state index contributed by atoms with van der Waals surface area (Å²) in [4.78, 5) is 23.7. The molecule has 0 radical (unpaired) electrons. The van der Waals surface area contributed by atoms with Crippen LogP contribution in [0.2, 0.25) is 0 Å². The van der Waals surface area contributed by atoms with Gasteiger partial charge in [0, 0.05) is 5.56 Å². The summed E-state index contributed by atoms with van der Waals surface area (Å²) in [5.74, 6) is 0.156. The van der Waals surface area contributed by atoms with Crippen molar-refractivity contribution in [3.05, 3.63) is 53.0 Å². The van der Waals surface area contributed by atoms with Crippen LogP contribution in [0, 0.1) is 13.8 Å². The molecule has 2 aromatic rings. The zero-order valence-electron chi connectivity index (χ0n) is 14.3. The van der Waals surface area contributed by atoms with Gasteiger partial charge in [-0.05, 0) is 43.0 Å². The molecular formula is C18H22N2O4. The minimum absolute atomic E-state index is 0.164. The van der Waals surface area contributed by atoms with E-state index >= 15 is 0 Å². The third-order valence-electron chi connectivity index (χ3n) is 3.53. The molecule has 0 spiro atoms. The SMILES string of the molecule is Cc1ccc(C(C)C)c(OCC(=O)NNC(=O)c2occc2C)c1. The average Bonchev–Trinajstić information content (AvgIpc) is 2.96. The fourth-order valence-corrected chi connectivity index (χ4v) is 2.21. The molecule has 0 aliphatic rings. The molecule has 2 amide bonds. The van der Waals surface area contributed by atoms with Gasteiger partial charge in [0.2, 0.25) is 0 Å². The van der Waals surface area contributed by atoms with E-state index in [0.29, 0.717) is 11.3 Å². The van der Waals surface area contributed by atoms with E-state index in [9.17, 15) is 9.59 Å². The summed E-state index contributed by atoms with van der Waals surface area (Å²) in [6.45, 7) is 7.63. The first kappa shape index (κ1) is 17.6. The summed E-state index contributed by atoms with van der Waals surface area (Å²) in [6, 6.07) is 7.57. The van der Waals surface area contributed by atoms with E-state index in [1.165, 1.54) is 6.26 Å². The highest BCUT2D eigenvalue weighted by molar-refractivity contribution is 5.94. The Morgan fingerprint density at radius 3 is 2.54 bits per heavy atom. The van der Waals surface area contributed by atoms with Crippen molar-refractivity contribution in [3.8, 4) is 5.75 Å². The molecule has 0 unspecified atom stereocenters. The number of rotatable bonds is 5. The number of nitrogens with one attached hydrogen (secondary N) is 2. The van der Waals surface area contributed by atoms with Gasteiger partial charge >= 0.3 is 5.91 Å². The standard InChI is InChI=1S/C18H22N2O4/c1-11(2)14-6-5-12(3)9-15(14)24-10-16(21)19-20-18(22)17-13(4)7-8-23-17/h5-9,11H,10H2,1-4H3,(H,19,21)(H,20,22). The highest BCUT2D eigenvalue weighted by atomic mass is 16.5. The second-order valence-corrected chi connectivity index (χ2v) is 5.92. The lowest BCUT2D eigenvalue weighted by atomic mass is 10.0. The molecule has 2 N–H and O–H groups in total. The number of hydrogen-bond acceptors (Lipinski definition) is 4. The van der Waals surface area contributed by atoms with Crippen molar-refractivity contribution in [1.82, 2.24) is 10.9 Å². The van der Waals surface area contributed by atoms with Crippen LogP contribution in [-0.2, 0) is 4.79 Å². The fraction of sp³-hybridized carbons (Fsp3) is 0.333. The second kappa shape index (κ2) is 7.68. The summed E-state index contributed by atoms with van der Waals surface area (Å²) in [7, 11) is 0. The first-order valence-electron chi connectivity index (χ1n) is 7.75. The number of aryl methyl sites for hydroxylation is 2. The predicted octanol–water partition coefficient (Wildman–Crippen LogP) is 2.86. The van der Waals surface area contributed by atoms with Crippen molar-refractivity contribution in [2.24, 2.45) is 0 Å². The van der Waals surface area contributed by atoms with Crippen molar-refractivity contribution >= 4 is 11.8 Å². The van der Waals surface area contributed by atoms with Crippen LogP contribution in [0.4, 0.5) is 0 Å². The maximum atomic E-state index is 11.9. The Balaban J connectivity index is 1.89. The molecule has 0 saturated heterocycles. The van der Waals surface area contributed by atoms with E-state index in [1.807, 2.05) is 25.1 Å². The Kier molecular flexibility index (Phi) is 5.63. The summed E-state index contributed by atoms with van der Waals surface area (Å²) in [5.41, 5.74) is 7.38. The van der Waals surface area contributed by atoms with E-state index in [4.69, 9.17) is 9.15 Å². The monoisotopic (exact) mass is 330 g/mol. The van der Waals surface area contributed by atoms with Crippen LogP contribution in [0.1, 0.15) is 47.0 Å². The Morgan fingerprint density at radius 1 is 1.17 bits per heavy atom. The van der Waals surface area contributed by atoms with Crippen LogP contribution >= 0.6 is 0 Å². The van der Waals surface area contributed by atoms with Gasteiger partial charge in [-0.15, -0.1) is 0 Å². The lowest BCUT2D eigenvalue weighted by molar-refractivity contribution is -0.123. The highest BCUT2D eigenvalue weighted by Crippen LogP contribution is 2.27. The average molecular weight is 330 g/mol. The van der Waals surface area contributed by atoms with Gasteiger partial charge in [0.05, 0.1) is 6.26 Å². The highest BCUT2D eigenvalue weighted by Gasteiger charge is 2.14. The molecule has 0 atom stereocenters. The van der Waals surface area contributed by atoms with Gasteiger partial charge in [-0.1, -0.05) is 26.0 Å². The molecule has 0 aliphatic heterocycles. The maximum absolute atomic E-state index is 11.9. The Labute approximate surface area is 141 Å². The minimum atomic E-state index is -0.510. The molecule has 1 aromatic heterocycles. The number of ether oxygens (including phenoxy) is 1. The van der Waals surface area contributed by atoms with E-state index in [2.05, 4.69) is 24.7 Å². The van der Waals surface area contributed by atoms with Gasteiger partial charge < -0.3 is 9.15 Å². The van der Waals surface area contributed by atoms with Gasteiger partial charge in [-0.25, -0.2) is 0 Å². The summed E-state index contributed by atoms with van der Waals surface area (Å²) < 4.78 is 10.6. The molecule has 2 rings (SSSR count). The smallest absolute Gasteiger partial charge is 0.305 e. The molecule has 6 nitrogen and oxygen atoms in total. The molecule has 0 bridgehead atoms. The van der Waals surface area contributed by atoms with E-state index in [0.717, 1.165) is 11.1 Å². The normalized spacial score (nSPS) is 10.5. The third-order valence-corrected chi connectivity index (χ3v) is 3.53. The van der Waals surface area contributed by atoms with Gasteiger partial charge in [0.1, 0.15) is 5.75 Å². The lowest BCUT2D eigenvalue weighted by Gasteiger charge is -2.15. The van der Waals surface area contributed by atoms with E-state index in [-0.39, 0.29) is 18.3 Å². The molecule has 1 aromatic carbocycles. The number of carbonyl (C=O) groups is 2. The summed E-state index contributed by atoms with van der Waals surface area (Å²) >= 11 is 0. The number of carbonyl (C=O) groups excluding carboxylic acids is 2. The number of benzene rings is 1. The number of amides is 2. The molecule has 1 heterocycles. The van der Waals surface area contributed by atoms with Crippen LogP contribution in [0.5, 0.6) is 5.75 Å². The van der Waals surface area contributed by atoms with Crippen LogP contribution in [0.3, 0.4) is 0 Å². The van der Waals surface area contributed by atoms with Crippen molar-refractivity contribution in [1.29, 1.82) is 0 Å². The van der Waals surface area contributed by atoms with Crippen LogP contribution < -0.4 is 15.6 Å². The maximum Gasteiger partial charge on any atom is 0.305 e. The topological polar surface area (TPSA) is 80.6 Å². The Bertz CT molecular complexity index is 734. The Morgan fingerprint density at radius 2 is 1.92 bits per heavy atom. The van der Waals surface area contributed by atoms with E-state index < -0.39 is 11.8 Å².